The highest BCUT2D eigenvalue weighted by Gasteiger charge is 2.19. The topological polar surface area (TPSA) is 64.6 Å². The normalized spacial score (nSPS) is 16.4. The molecule has 0 bridgehead atoms. The number of hydrogen-bond donors (Lipinski definition) is 1. The first-order valence-electron chi connectivity index (χ1n) is 5.43. The fourth-order valence-electron chi connectivity index (χ4n) is 1.80. The van der Waals surface area contributed by atoms with Crippen molar-refractivity contribution in [3.8, 4) is 11.5 Å². The Bertz CT molecular complexity index is 558. The molecule has 0 aromatic heterocycles. The first kappa shape index (κ1) is 13.6. The van der Waals surface area contributed by atoms with Gasteiger partial charge in [0.05, 0.1) is 6.26 Å². The van der Waals surface area contributed by atoms with Gasteiger partial charge in [0.1, 0.15) is 13.2 Å². The minimum atomic E-state index is -3.25. The molecule has 0 radical (unpaired) electrons. The lowest BCUT2D eigenvalue weighted by Gasteiger charge is -2.22. The Balaban J connectivity index is 2.33. The third-order valence-electron chi connectivity index (χ3n) is 2.52. The van der Waals surface area contributed by atoms with Crippen LogP contribution in [0.4, 0.5) is 0 Å². The summed E-state index contributed by atoms with van der Waals surface area (Å²) in [6.07, 6.45) is 1.13. The van der Waals surface area contributed by atoms with Crippen LogP contribution in [0, 0.1) is 0 Å². The van der Waals surface area contributed by atoms with Gasteiger partial charge in [-0.2, -0.15) is 0 Å². The summed E-state index contributed by atoms with van der Waals surface area (Å²) in [6, 6.07) is 3.25. The van der Waals surface area contributed by atoms with Gasteiger partial charge in [0.15, 0.2) is 11.5 Å². The molecule has 0 saturated carbocycles. The number of fused-ring (bicyclic) bond motifs is 1. The molecule has 5 nitrogen and oxygen atoms in total. The summed E-state index contributed by atoms with van der Waals surface area (Å²) in [4.78, 5) is 0. The molecule has 18 heavy (non-hydrogen) atoms. The molecule has 0 spiro atoms. The van der Waals surface area contributed by atoms with Gasteiger partial charge in [0, 0.05) is 10.5 Å². The smallest absolute Gasteiger partial charge is 0.209 e. The van der Waals surface area contributed by atoms with Crippen LogP contribution in [-0.2, 0) is 10.0 Å². The molecule has 1 N–H and O–H groups in total. The van der Waals surface area contributed by atoms with Crippen molar-refractivity contribution >= 4 is 26.0 Å². The summed E-state index contributed by atoms with van der Waals surface area (Å²) in [5.41, 5.74) is 0.810. The molecule has 0 saturated heterocycles. The number of ether oxygens (including phenoxy) is 2. The molecule has 1 atom stereocenters. The van der Waals surface area contributed by atoms with Crippen molar-refractivity contribution in [3.05, 3.63) is 22.2 Å². The predicted molar refractivity (Wildman–Crippen MR) is 71.5 cm³/mol. The Labute approximate surface area is 115 Å². The van der Waals surface area contributed by atoms with Crippen molar-refractivity contribution in [2.24, 2.45) is 0 Å². The molecule has 0 aliphatic carbocycles. The molecule has 0 amide bonds. The van der Waals surface area contributed by atoms with E-state index in [0.29, 0.717) is 24.7 Å². The average Bonchev–Trinajstić information content (AvgIpc) is 2.25. The van der Waals surface area contributed by atoms with E-state index in [-0.39, 0.29) is 6.04 Å². The van der Waals surface area contributed by atoms with Crippen LogP contribution in [0.5, 0.6) is 11.5 Å². The summed E-state index contributed by atoms with van der Waals surface area (Å²) < 4.78 is 36.7. The minimum absolute atomic E-state index is 0.342. The van der Waals surface area contributed by atoms with Crippen molar-refractivity contribution in [3.63, 3.8) is 0 Å². The number of rotatable bonds is 3. The second-order valence-corrected chi connectivity index (χ2v) is 6.76. The van der Waals surface area contributed by atoms with Crippen LogP contribution in [0.25, 0.3) is 0 Å². The SMILES string of the molecule is CC(NS(C)(=O)=O)c1cc2c(cc1Br)OCCO2. The first-order chi connectivity index (χ1) is 8.37. The number of halogens is 1. The summed E-state index contributed by atoms with van der Waals surface area (Å²) >= 11 is 3.41. The van der Waals surface area contributed by atoms with Gasteiger partial charge in [-0.05, 0) is 24.6 Å². The quantitative estimate of drug-likeness (QED) is 0.915. The van der Waals surface area contributed by atoms with Gasteiger partial charge in [0.2, 0.25) is 10.0 Å². The summed E-state index contributed by atoms with van der Waals surface area (Å²) in [5, 5.41) is 0. The van der Waals surface area contributed by atoms with Gasteiger partial charge in [0.25, 0.3) is 0 Å². The zero-order chi connectivity index (χ0) is 13.3. The molecule has 1 aromatic carbocycles. The highest BCUT2D eigenvalue weighted by atomic mass is 79.9. The van der Waals surface area contributed by atoms with Crippen LogP contribution in [0.3, 0.4) is 0 Å². The van der Waals surface area contributed by atoms with E-state index in [1.54, 1.807) is 19.1 Å². The van der Waals surface area contributed by atoms with Crippen LogP contribution in [0.1, 0.15) is 18.5 Å². The fraction of sp³-hybridized carbons (Fsp3) is 0.455. The lowest BCUT2D eigenvalue weighted by Crippen LogP contribution is -2.26. The van der Waals surface area contributed by atoms with Crippen molar-refractivity contribution < 1.29 is 17.9 Å². The number of nitrogens with one attached hydrogen (secondary N) is 1. The van der Waals surface area contributed by atoms with Crippen LogP contribution in [0.15, 0.2) is 16.6 Å². The maximum atomic E-state index is 11.2. The van der Waals surface area contributed by atoms with Crippen LogP contribution >= 0.6 is 15.9 Å². The van der Waals surface area contributed by atoms with Crippen LogP contribution in [0.2, 0.25) is 0 Å². The Kier molecular flexibility index (Phi) is 3.84. The lowest BCUT2D eigenvalue weighted by molar-refractivity contribution is 0.171. The van der Waals surface area contributed by atoms with E-state index in [1.165, 1.54) is 0 Å². The Hall–Kier alpha value is -0.790. The Morgan fingerprint density at radius 1 is 1.28 bits per heavy atom. The lowest BCUT2D eigenvalue weighted by atomic mass is 10.1. The van der Waals surface area contributed by atoms with E-state index >= 15 is 0 Å². The van der Waals surface area contributed by atoms with Crippen LogP contribution in [-0.4, -0.2) is 27.9 Å². The molecular weight excluding hydrogens is 322 g/mol. The summed E-state index contributed by atoms with van der Waals surface area (Å²) in [5.74, 6) is 1.31. The first-order valence-corrected chi connectivity index (χ1v) is 8.11. The number of hydrogen-bond acceptors (Lipinski definition) is 4. The monoisotopic (exact) mass is 335 g/mol. The van der Waals surface area contributed by atoms with E-state index in [0.717, 1.165) is 16.3 Å². The average molecular weight is 336 g/mol. The van der Waals surface area contributed by atoms with E-state index in [2.05, 4.69) is 20.7 Å². The van der Waals surface area contributed by atoms with Crippen LogP contribution < -0.4 is 14.2 Å². The largest absolute Gasteiger partial charge is 0.486 e. The number of sulfonamides is 1. The van der Waals surface area contributed by atoms with E-state index in [4.69, 9.17) is 9.47 Å². The molecule has 1 aromatic rings. The molecule has 0 fully saturated rings. The molecule has 1 aliphatic heterocycles. The third-order valence-corrected chi connectivity index (χ3v) is 3.99. The molecule has 100 valence electrons. The van der Waals surface area contributed by atoms with E-state index in [9.17, 15) is 8.42 Å². The molecule has 7 heteroatoms. The van der Waals surface area contributed by atoms with Crippen molar-refractivity contribution in [2.45, 2.75) is 13.0 Å². The fourth-order valence-corrected chi connectivity index (χ4v) is 3.23. The molecular formula is C11H14BrNO4S. The highest BCUT2D eigenvalue weighted by molar-refractivity contribution is 9.10. The summed E-state index contributed by atoms with van der Waals surface area (Å²) in [6.45, 7) is 2.80. The highest BCUT2D eigenvalue weighted by Crippen LogP contribution is 2.37. The summed E-state index contributed by atoms with van der Waals surface area (Å²) in [7, 11) is -3.25. The van der Waals surface area contributed by atoms with Crippen molar-refractivity contribution in [1.29, 1.82) is 0 Å². The van der Waals surface area contributed by atoms with Gasteiger partial charge >= 0.3 is 0 Å². The van der Waals surface area contributed by atoms with Gasteiger partial charge in [-0.3, -0.25) is 0 Å². The number of benzene rings is 1. The third kappa shape index (κ3) is 3.15. The maximum absolute atomic E-state index is 11.2. The zero-order valence-corrected chi connectivity index (χ0v) is 12.5. The Morgan fingerprint density at radius 3 is 2.39 bits per heavy atom. The van der Waals surface area contributed by atoms with Crippen molar-refractivity contribution in [1.82, 2.24) is 4.72 Å². The second-order valence-electron chi connectivity index (χ2n) is 4.13. The van der Waals surface area contributed by atoms with Crippen molar-refractivity contribution in [2.75, 3.05) is 19.5 Å². The van der Waals surface area contributed by atoms with Gasteiger partial charge in [-0.1, -0.05) is 15.9 Å². The molecule has 2 rings (SSSR count). The van der Waals surface area contributed by atoms with E-state index in [1.807, 2.05) is 0 Å². The zero-order valence-electron chi connectivity index (χ0n) is 10.1. The molecule has 1 unspecified atom stereocenters. The molecule has 1 aliphatic rings. The molecule has 1 heterocycles. The maximum Gasteiger partial charge on any atom is 0.209 e. The predicted octanol–water partition coefficient (Wildman–Crippen LogP) is 1.83. The van der Waals surface area contributed by atoms with Gasteiger partial charge in [-0.25, -0.2) is 13.1 Å². The minimum Gasteiger partial charge on any atom is -0.486 e. The van der Waals surface area contributed by atoms with Gasteiger partial charge in [-0.15, -0.1) is 0 Å². The standard InChI is InChI=1S/C11H14BrNO4S/c1-7(13-18(2,14)15)8-5-10-11(6-9(8)12)17-4-3-16-10/h5-7,13H,3-4H2,1-2H3. The second kappa shape index (κ2) is 5.07. The van der Waals surface area contributed by atoms with Gasteiger partial charge < -0.3 is 9.47 Å². The van der Waals surface area contributed by atoms with E-state index < -0.39 is 10.0 Å². The Morgan fingerprint density at radius 2 is 1.83 bits per heavy atom.